The molecule has 1 N–H and O–H groups in total. The number of benzene rings is 1. The normalized spacial score (nSPS) is 10.7. The molecular weight excluding hydrogens is 256 g/mol. The molecule has 0 saturated carbocycles. The second-order valence-corrected chi connectivity index (χ2v) is 4.86. The van der Waals surface area contributed by atoms with Crippen LogP contribution < -0.4 is 0 Å². The van der Waals surface area contributed by atoms with E-state index in [1.54, 1.807) is 12.1 Å². The Balaban J connectivity index is 2.97. The highest BCUT2D eigenvalue weighted by atomic mass is 79.9. The van der Waals surface area contributed by atoms with Crippen LogP contribution in [-0.2, 0) is 6.42 Å². The van der Waals surface area contributed by atoms with Gasteiger partial charge in [-0.25, -0.2) is 4.79 Å². The van der Waals surface area contributed by atoms with E-state index in [1.807, 2.05) is 6.07 Å². The minimum atomic E-state index is -0.852. The van der Waals surface area contributed by atoms with Gasteiger partial charge in [-0.1, -0.05) is 35.8 Å². The van der Waals surface area contributed by atoms with Crippen molar-refractivity contribution >= 4 is 21.9 Å². The Bertz CT molecular complexity index is 359. The molecule has 2 nitrogen and oxygen atoms in total. The van der Waals surface area contributed by atoms with Gasteiger partial charge in [-0.3, -0.25) is 0 Å². The lowest BCUT2D eigenvalue weighted by Crippen LogP contribution is -2.04. The monoisotopic (exact) mass is 270 g/mol. The minimum Gasteiger partial charge on any atom is -0.478 e. The zero-order valence-electron chi connectivity index (χ0n) is 8.96. The van der Waals surface area contributed by atoms with Crippen LogP contribution in [0.1, 0.15) is 36.2 Å². The molecule has 3 heteroatoms. The third kappa shape index (κ3) is 3.34. The zero-order valence-corrected chi connectivity index (χ0v) is 10.5. The minimum absolute atomic E-state index is 0.407. The summed E-state index contributed by atoms with van der Waals surface area (Å²) >= 11 is 3.40. The van der Waals surface area contributed by atoms with Crippen molar-refractivity contribution < 1.29 is 9.90 Å². The van der Waals surface area contributed by atoms with Gasteiger partial charge in [0.15, 0.2) is 0 Å². The van der Waals surface area contributed by atoms with Crippen molar-refractivity contribution in [2.45, 2.75) is 26.7 Å². The summed E-state index contributed by atoms with van der Waals surface area (Å²) < 4.78 is 0.892. The molecule has 1 aromatic carbocycles. The summed E-state index contributed by atoms with van der Waals surface area (Å²) in [7, 11) is 0. The molecule has 0 aliphatic heterocycles. The zero-order chi connectivity index (χ0) is 11.4. The van der Waals surface area contributed by atoms with Crippen molar-refractivity contribution in [2.24, 2.45) is 5.92 Å². The van der Waals surface area contributed by atoms with Gasteiger partial charge in [-0.2, -0.15) is 0 Å². The van der Waals surface area contributed by atoms with Crippen LogP contribution >= 0.6 is 15.9 Å². The first-order valence-electron chi connectivity index (χ1n) is 5.03. The molecule has 0 aliphatic carbocycles. The number of carboxylic acids is 1. The lowest BCUT2D eigenvalue weighted by molar-refractivity contribution is 0.0695. The lowest BCUT2D eigenvalue weighted by Gasteiger charge is -2.10. The lowest BCUT2D eigenvalue weighted by atomic mass is 9.98. The Kier molecular flexibility index (Phi) is 4.33. The highest BCUT2D eigenvalue weighted by Gasteiger charge is 2.12. The van der Waals surface area contributed by atoms with E-state index in [0.717, 1.165) is 22.9 Å². The SMILES string of the molecule is CC(C)CCc1c(Br)cccc1C(=O)O. The Morgan fingerprint density at radius 3 is 2.67 bits per heavy atom. The van der Waals surface area contributed by atoms with Crippen LogP contribution in [0.25, 0.3) is 0 Å². The van der Waals surface area contributed by atoms with E-state index >= 15 is 0 Å². The molecule has 0 unspecified atom stereocenters. The van der Waals surface area contributed by atoms with Gasteiger partial charge in [0.1, 0.15) is 0 Å². The maximum Gasteiger partial charge on any atom is 0.336 e. The summed E-state index contributed by atoms with van der Waals surface area (Å²) in [5.74, 6) is -0.270. The fourth-order valence-corrected chi connectivity index (χ4v) is 2.01. The van der Waals surface area contributed by atoms with Gasteiger partial charge in [0, 0.05) is 4.47 Å². The number of halogens is 1. The van der Waals surface area contributed by atoms with Crippen molar-refractivity contribution in [1.29, 1.82) is 0 Å². The number of aromatic carboxylic acids is 1. The molecule has 0 aliphatic rings. The Morgan fingerprint density at radius 2 is 2.13 bits per heavy atom. The Hall–Kier alpha value is -0.830. The van der Waals surface area contributed by atoms with Gasteiger partial charge >= 0.3 is 5.97 Å². The second-order valence-electron chi connectivity index (χ2n) is 4.00. The number of carbonyl (C=O) groups is 1. The number of hydrogen-bond acceptors (Lipinski definition) is 1. The van der Waals surface area contributed by atoms with Crippen molar-refractivity contribution in [3.8, 4) is 0 Å². The molecule has 0 saturated heterocycles. The van der Waals surface area contributed by atoms with Crippen LogP contribution in [0.15, 0.2) is 22.7 Å². The van der Waals surface area contributed by atoms with Crippen LogP contribution in [0.5, 0.6) is 0 Å². The van der Waals surface area contributed by atoms with E-state index in [0.29, 0.717) is 11.5 Å². The van der Waals surface area contributed by atoms with E-state index in [9.17, 15) is 4.79 Å². The van der Waals surface area contributed by atoms with Gasteiger partial charge in [0.05, 0.1) is 5.56 Å². The number of hydrogen-bond donors (Lipinski definition) is 1. The van der Waals surface area contributed by atoms with Gasteiger partial charge in [0.25, 0.3) is 0 Å². The molecular formula is C12H15BrO2. The number of rotatable bonds is 4. The summed E-state index contributed by atoms with van der Waals surface area (Å²) in [6.45, 7) is 4.27. The maximum atomic E-state index is 11.0. The van der Waals surface area contributed by atoms with Gasteiger partial charge < -0.3 is 5.11 Å². The predicted molar refractivity (Wildman–Crippen MR) is 64.3 cm³/mol. The molecule has 0 heterocycles. The molecule has 15 heavy (non-hydrogen) atoms. The standard InChI is InChI=1S/C12H15BrO2/c1-8(2)6-7-9-10(12(14)15)4-3-5-11(9)13/h3-5,8H,6-7H2,1-2H3,(H,14,15). The van der Waals surface area contributed by atoms with E-state index in [2.05, 4.69) is 29.8 Å². The third-order valence-corrected chi connectivity index (χ3v) is 3.06. The average Bonchev–Trinajstić information content (AvgIpc) is 2.15. The highest BCUT2D eigenvalue weighted by molar-refractivity contribution is 9.10. The van der Waals surface area contributed by atoms with Crippen LogP contribution in [0.3, 0.4) is 0 Å². The number of carboxylic acid groups (broad SMARTS) is 1. The predicted octanol–water partition coefficient (Wildman–Crippen LogP) is 3.74. The van der Waals surface area contributed by atoms with Crippen molar-refractivity contribution in [2.75, 3.05) is 0 Å². The van der Waals surface area contributed by atoms with Gasteiger partial charge in [0.2, 0.25) is 0 Å². The molecule has 0 fully saturated rings. The quantitative estimate of drug-likeness (QED) is 0.905. The maximum absolute atomic E-state index is 11.0. The first kappa shape index (κ1) is 12.2. The first-order valence-corrected chi connectivity index (χ1v) is 5.82. The largest absolute Gasteiger partial charge is 0.478 e. The molecule has 0 bridgehead atoms. The summed E-state index contributed by atoms with van der Waals surface area (Å²) in [5, 5.41) is 9.03. The van der Waals surface area contributed by atoms with E-state index in [-0.39, 0.29) is 0 Å². The fraction of sp³-hybridized carbons (Fsp3) is 0.417. The molecule has 0 amide bonds. The van der Waals surface area contributed by atoms with Gasteiger partial charge in [-0.05, 0) is 36.5 Å². The average molecular weight is 271 g/mol. The smallest absolute Gasteiger partial charge is 0.336 e. The Labute approximate surface area is 98.4 Å². The first-order chi connectivity index (χ1) is 7.02. The summed E-state index contributed by atoms with van der Waals surface area (Å²) in [5.41, 5.74) is 1.31. The third-order valence-electron chi connectivity index (χ3n) is 2.32. The second kappa shape index (κ2) is 5.31. The van der Waals surface area contributed by atoms with Crippen molar-refractivity contribution in [3.63, 3.8) is 0 Å². The van der Waals surface area contributed by atoms with Gasteiger partial charge in [-0.15, -0.1) is 0 Å². The summed E-state index contributed by atoms with van der Waals surface area (Å²) in [6.07, 6.45) is 1.81. The van der Waals surface area contributed by atoms with Crippen LogP contribution in [0.4, 0.5) is 0 Å². The topological polar surface area (TPSA) is 37.3 Å². The molecule has 0 radical (unpaired) electrons. The van der Waals surface area contributed by atoms with Crippen LogP contribution in [0, 0.1) is 5.92 Å². The molecule has 1 rings (SSSR count). The van der Waals surface area contributed by atoms with Crippen LogP contribution in [-0.4, -0.2) is 11.1 Å². The summed E-state index contributed by atoms with van der Waals surface area (Å²) in [4.78, 5) is 11.0. The van der Waals surface area contributed by atoms with Crippen molar-refractivity contribution in [3.05, 3.63) is 33.8 Å². The molecule has 1 aromatic rings. The fourth-order valence-electron chi connectivity index (χ4n) is 1.45. The summed E-state index contributed by atoms with van der Waals surface area (Å²) in [6, 6.07) is 5.30. The van der Waals surface area contributed by atoms with Crippen molar-refractivity contribution in [1.82, 2.24) is 0 Å². The van der Waals surface area contributed by atoms with E-state index in [4.69, 9.17) is 5.11 Å². The molecule has 0 atom stereocenters. The Morgan fingerprint density at radius 1 is 1.47 bits per heavy atom. The molecule has 0 spiro atoms. The van der Waals surface area contributed by atoms with Crippen LogP contribution in [0.2, 0.25) is 0 Å². The highest BCUT2D eigenvalue weighted by Crippen LogP contribution is 2.23. The van der Waals surface area contributed by atoms with E-state index < -0.39 is 5.97 Å². The van der Waals surface area contributed by atoms with E-state index in [1.165, 1.54) is 0 Å². The molecule has 0 aromatic heterocycles. The molecule has 82 valence electrons.